The molecule has 0 unspecified atom stereocenters. The van der Waals surface area contributed by atoms with Crippen LogP contribution in [0.3, 0.4) is 0 Å². The third-order valence-corrected chi connectivity index (χ3v) is 6.47. The molecule has 1 aromatic heterocycles. The summed E-state index contributed by atoms with van der Waals surface area (Å²) in [6.07, 6.45) is 0.443. The molecule has 2 heterocycles. The van der Waals surface area contributed by atoms with Gasteiger partial charge in [0.15, 0.2) is 5.76 Å². The lowest BCUT2D eigenvalue weighted by Gasteiger charge is -2.38. The van der Waals surface area contributed by atoms with Gasteiger partial charge in [0.1, 0.15) is 22.6 Å². The van der Waals surface area contributed by atoms with Crippen LogP contribution in [0.5, 0.6) is 11.5 Å². The Morgan fingerprint density at radius 2 is 1.67 bits per heavy atom. The number of oxazole rings is 1. The molecule has 0 radical (unpaired) electrons. The number of carbonyl (C=O) groups excluding carboxylic acids is 2. The van der Waals surface area contributed by atoms with E-state index in [9.17, 15) is 14.8 Å². The first-order valence-electron chi connectivity index (χ1n) is 11.4. The van der Waals surface area contributed by atoms with Crippen molar-refractivity contribution in [3.63, 3.8) is 0 Å². The maximum atomic E-state index is 13.2. The second kappa shape index (κ2) is 10.3. The molecule has 0 atom stereocenters. The van der Waals surface area contributed by atoms with Crippen LogP contribution in [0.4, 0.5) is 4.79 Å². The second-order valence-corrected chi connectivity index (χ2v) is 8.52. The number of ether oxygens (including phenoxy) is 3. The Bertz CT molecular complexity index is 1230. The van der Waals surface area contributed by atoms with Crippen LogP contribution in [0, 0.1) is 0 Å². The summed E-state index contributed by atoms with van der Waals surface area (Å²) in [5.74, 6) is 1.55. The van der Waals surface area contributed by atoms with Crippen LogP contribution in [0.1, 0.15) is 18.7 Å². The van der Waals surface area contributed by atoms with E-state index in [0.29, 0.717) is 28.0 Å². The number of hydrogen-bond acceptors (Lipinski definition) is 8. The van der Waals surface area contributed by atoms with Crippen LogP contribution in [0.2, 0.25) is 0 Å². The Morgan fingerprint density at radius 1 is 1.00 bits per heavy atom. The number of carbonyl (C=O) groups is 2. The van der Waals surface area contributed by atoms with Crippen LogP contribution in [-0.2, 0) is 14.9 Å². The number of likely N-dealkylation sites (tertiary alicyclic amines) is 1. The minimum absolute atomic E-state index is 0.211. The maximum Gasteiger partial charge on any atom is 0.343 e. The monoisotopic (exact) mass is 495 g/mol. The van der Waals surface area contributed by atoms with E-state index in [1.807, 2.05) is 48.5 Å². The quantitative estimate of drug-likeness (QED) is 0.310. The van der Waals surface area contributed by atoms with Crippen molar-refractivity contribution < 1.29 is 33.4 Å². The SMILES string of the molecule is COC(=O)C1(c2nc(-c3cccc(OC)c3)c(-c3ccc(OC)cc3)o2)CCN(C(=O)N(C)O)CC1. The van der Waals surface area contributed by atoms with Crippen molar-refractivity contribution in [3.8, 4) is 34.1 Å². The van der Waals surface area contributed by atoms with Gasteiger partial charge in [-0.05, 0) is 49.2 Å². The summed E-state index contributed by atoms with van der Waals surface area (Å²) in [4.78, 5) is 31.7. The summed E-state index contributed by atoms with van der Waals surface area (Å²) in [6.45, 7) is 0.432. The van der Waals surface area contributed by atoms with E-state index in [-0.39, 0.29) is 31.8 Å². The lowest BCUT2D eigenvalue weighted by Crippen LogP contribution is -2.51. The predicted molar refractivity (Wildman–Crippen MR) is 130 cm³/mol. The molecular formula is C26H29N3O7. The van der Waals surface area contributed by atoms with E-state index in [1.165, 1.54) is 19.1 Å². The minimum atomic E-state index is -1.20. The van der Waals surface area contributed by atoms with Gasteiger partial charge in [-0.3, -0.25) is 10.0 Å². The third kappa shape index (κ3) is 4.59. The first-order valence-corrected chi connectivity index (χ1v) is 11.4. The van der Waals surface area contributed by atoms with Crippen LogP contribution in [0.15, 0.2) is 52.9 Å². The van der Waals surface area contributed by atoms with Crippen molar-refractivity contribution in [2.24, 2.45) is 0 Å². The molecule has 10 nitrogen and oxygen atoms in total. The fourth-order valence-corrected chi connectivity index (χ4v) is 4.41. The minimum Gasteiger partial charge on any atom is -0.497 e. The first kappa shape index (κ1) is 25.1. The number of aromatic nitrogens is 1. The molecule has 2 amide bonds. The zero-order chi connectivity index (χ0) is 25.9. The molecular weight excluding hydrogens is 466 g/mol. The Morgan fingerprint density at radius 3 is 2.25 bits per heavy atom. The summed E-state index contributed by atoms with van der Waals surface area (Å²) >= 11 is 0. The summed E-state index contributed by atoms with van der Waals surface area (Å²) in [5, 5.41) is 10.1. The Labute approximate surface area is 208 Å². The van der Waals surface area contributed by atoms with Crippen LogP contribution < -0.4 is 9.47 Å². The van der Waals surface area contributed by atoms with Gasteiger partial charge in [0.2, 0.25) is 5.89 Å². The molecule has 36 heavy (non-hydrogen) atoms. The van der Waals surface area contributed by atoms with Crippen LogP contribution >= 0.6 is 0 Å². The lowest BCUT2D eigenvalue weighted by atomic mass is 9.78. The van der Waals surface area contributed by atoms with E-state index in [0.717, 1.165) is 11.1 Å². The zero-order valence-corrected chi connectivity index (χ0v) is 20.7. The molecule has 0 bridgehead atoms. The van der Waals surface area contributed by atoms with Gasteiger partial charge in [-0.2, -0.15) is 0 Å². The molecule has 1 aliphatic rings. The summed E-state index contributed by atoms with van der Waals surface area (Å²) in [5.41, 5.74) is 0.857. The number of hydroxylamine groups is 2. The van der Waals surface area contributed by atoms with Gasteiger partial charge in [0, 0.05) is 31.3 Å². The molecule has 0 saturated carbocycles. The number of nitrogens with zero attached hydrogens (tertiary/aromatic N) is 3. The van der Waals surface area contributed by atoms with Gasteiger partial charge in [0.25, 0.3) is 0 Å². The van der Waals surface area contributed by atoms with E-state index in [2.05, 4.69) is 0 Å². The first-order chi connectivity index (χ1) is 17.3. The molecule has 2 aromatic carbocycles. The fourth-order valence-electron chi connectivity index (χ4n) is 4.41. The highest BCUT2D eigenvalue weighted by Gasteiger charge is 2.49. The lowest BCUT2D eigenvalue weighted by molar-refractivity contribution is -0.150. The molecule has 3 aromatic rings. The molecule has 1 aliphatic heterocycles. The van der Waals surface area contributed by atoms with E-state index in [4.69, 9.17) is 23.6 Å². The van der Waals surface area contributed by atoms with Crippen molar-refractivity contribution in [3.05, 3.63) is 54.4 Å². The molecule has 0 aliphatic carbocycles. The van der Waals surface area contributed by atoms with Gasteiger partial charge >= 0.3 is 12.0 Å². The largest absolute Gasteiger partial charge is 0.497 e. The van der Waals surface area contributed by atoms with Crippen molar-refractivity contribution in [2.45, 2.75) is 18.3 Å². The average molecular weight is 496 g/mol. The molecule has 1 saturated heterocycles. The van der Waals surface area contributed by atoms with E-state index >= 15 is 0 Å². The topological polar surface area (TPSA) is 115 Å². The Balaban J connectivity index is 1.82. The van der Waals surface area contributed by atoms with E-state index in [1.54, 1.807) is 14.2 Å². The van der Waals surface area contributed by atoms with Gasteiger partial charge in [-0.25, -0.2) is 14.8 Å². The highest BCUT2D eigenvalue weighted by Crippen LogP contribution is 2.42. The van der Waals surface area contributed by atoms with E-state index < -0.39 is 17.4 Å². The van der Waals surface area contributed by atoms with Crippen molar-refractivity contribution in [1.82, 2.24) is 14.9 Å². The fraction of sp³-hybridized carbons (Fsp3) is 0.346. The van der Waals surface area contributed by atoms with Gasteiger partial charge in [-0.15, -0.1) is 0 Å². The van der Waals surface area contributed by atoms with Crippen molar-refractivity contribution >= 4 is 12.0 Å². The van der Waals surface area contributed by atoms with Crippen molar-refractivity contribution in [1.29, 1.82) is 0 Å². The number of piperidine rings is 1. The zero-order valence-electron chi connectivity index (χ0n) is 20.7. The number of methoxy groups -OCH3 is 3. The number of benzene rings is 2. The predicted octanol–water partition coefficient (Wildman–Crippen LogP) is 3.97. The highest BCUT2D eigenvalue weighted by atomic mass is 16.5. The molecule has 0 spiro atoms. The summed E-state index contributed by atoms with van der Waals surface area (Å²) < 4.78 is 22.2. The standard InChI is InChI=1S/C26H29N3O7/c1-28(32)25(31)29-14-12-26(13-15-29,24(30)35-4)23-27-21(18-6-5-7-20(16-18)34-3)22(36-23)17-8-10-19(33-2)11-9-17/h5-11,16,32H,12-15H2,1-4H3. The Kier molecular flexibility index (Phi) is 7.16. The molecule has 1 fully saturated rings. The van der Waals surface area contributed by atoms with Gasteiger partial charge in [-0.1, -0.05) is 12.1 Å². The highest BCUT2D eigenvalue weighted by molar-refractivity contribution is 5.84. The van der Waals surface area contributed by atoms with Gasteiger partial charge in [0.05, 0.1) is 21.3 Å². The number of esters is 1. The third-order valence-electron chi connectivity index (χ3n) is 6.47. The van der Waals surface area contributed by atoms with Crippen LogP contribution in [-0.4, -0.2) is 73.6 Å². The molecule has 4 rings (SSSR count). The van der Waals surface area contributed by atoms with Crippen LogP contribution in [0.25, 0.3) is 22.6 Å². The smallest absolute Gasteiger partial charge is 0.343 e. The second-order valence-electron chi connectivity index (χ2n) is 8.52. The average Bonchev–Trinajstić information content (AvgIpc) is 3.38. The van der Waals surface area contributed by atoms with Gasteiger partial charge < -0.3 is 23.5 Å². The number of rotatable bonds is 6. The summed E-state index contributed by atoms with van der Waals surface area (Å²) in [6, 6.07) is 14.2. The number of urea groups is 1. The maximum absolute atomic E-state index is 13.2. The molecule has 1 N–H and O–H groups in total. The molecule has 190 valence electrons. The number of amides is 2. The van der Waals surface area contributed by atoms with Crippen molar-refractivity contribution in [2.75, 3.05) is 41.5 Å². The number of hydrogen-bond donors (Lipinski definition) is 1. The normalized spacial score (nSPS) is 14.8. The Hall–Kier alpha value is -4.05. The summed E-state index contributed by atoms with van der Waals surface area (Å²) in [7, 11) is 5.76. The molecule has 10 heteroatoms.